The van der Waals surface area contributed by atoms with Crippen molar-refractivity contribution in [2.24, 2.45) is 5.73 Å². The molecular weight excluding hydrogens is 240 g/mol. The lowest BCUT2D eigenvalue weighted by Gasteiger charge is -2.10. The van der Waals surface area contributed by atoms with Crippen LogP contribution < -0.4 is 5.73 Å². The number of ether oxygens (including phenoxy) is 1. The van der Waals surface area contributed by atoms with Crippen molar-refractivity contribution in [2.45, 2.75) is 36.7 Å². The molecule has 1 aromatic heterocycles. The molecule has 96 valence electrons. The van der Waals surface area contributed by atoms with Crippen molar-refractivity contribution in [3.05, 3.63) is 5.82 Å². The van der Waals surface area contributed by atoms with Gasteiger partial charge in [-0.3, -0.25) is 0 Å². The summed E-state index contributed by atoms with van der Waals surface area (Å²) in [5, 5.41) is 18.6. The Hall–Kier alpha value is -0.630. The molecule has 1 heterocycles. The molecule has 0 bridgehead atoms. The number of aromatic nitrogens is 3. The quantitative estimate of drug-likeness (QED) is 0.678. The van der Waals surface area contributed by atoms with Gasteiger partial charge in [0.2, 0.25) is 0 Å². The number of aliphatic hydroxyl groups is 1. The molecule has 0 radical (unpaired) electrons. The summed E-state index contributed by atoms with van der Waals surface area (Å²) in [6, 6.07) is 0.505. The molecule has 0 spiro atoms. The highest BCUT2D eigenvalue weighted by Gasteiger charge is 2.29. The van der Waals surface area contributed by atoms with Crippen LogP contribution in [0.25, 0.3) is 0 Å². The second-order valence-electron chi connectivity index (χ2n) is 4.12. The van der Waals surface area contributed by atoms with Crippen LogP contribution in [0.2, 0.25) is 0 Å². The van der Waals surface area contributed by atoms with Crippen molar-refractivity contribution < 1.29 is 9.84 Å². The Labute approximate surface area is 105 Å². The zero-order chi connectivity index (χ0) is 12.3. The van der Waals surface area contributed by atoms with E-state index >= 15 is 0 Å². The molecule has 0 amide bonds. The highest BCUT2D eigenvalue weighted by molar-refractivity contribution is 7.99. The molecule has 7 heteroatoms. The largest absolute Gasteiger partial charge is 0.390 e. The molecule has 0 saturated heterocycles. The van der Waals surface area contributed by atoms with Gasteiger partial charge in [0, 0.05) is 18.9 Å². The first-order valence-corrected chi connectivity index (χ1v) is 6.68. The smallest absolute Gasteiger partial charge is 0.191 e. The van der Waals surface area contributed by atoms with Crippen LogP contribution in [-0.2, 0) is 11.3 Å². The van der Waals surface area contributed by atoms with Crippen LogP contribution in [0, 0.1) is 0 Å². The molecule has 1 aliphatic rings. The number of aliphatic hydroxyl groups excluding tert-OH is 1. The van der Waals surface area contributed by atoms with E-state index in [0.29, 0.717) is 24.9 Å². The number of hydrogen-bond donors (Lipinski definition) is 2. The van der Waals surface area contributed by atoms with E-state index in [1.807, 2.05) is 0 Å². The van der Waals surface area contributed by atoms with Gasteiger partial charge in [0.15, 0.2) is 5.16 Å². The molecule has 2 rings (SSSR count). The van der Waals surface area contributed by atoms with E-state index in [1.54, 1.807) is 7.11 Å². The molecule has 1 aliphatic carbocycles. The van der Waals surface area contributed by atoms with E-state index in [4.69, 9.17) is 10.5 Å². The minimum Gasteiger partial charge on any atom is -0.390 e. The maximum Gasteiger partial charge on any atom is 0.191 e. The summed E-state index contributed by atoms with van der Waals surface area (Å²) in [5.41, 5.74) is 5.63. The molecule has 1 unspecified atom stereocenters. The van der Waals surface area contributed by atoms with Gasteiger partial charge >= 0.3 is 0 Å². The zero-order valence-corrected chi connectivity index (χ0v) is 10.7. The monoisotopic (exact) mass is 258 g/mol. The molecule has 0 aromatic carbocycles. The van der Waals surface area contributed by atoms with Gasteiger partial charge in [0.1, 0.15) is 5.82 Å². The number of methoxy groups -OCH3 is 1. The standard InChI is InChI=1S/C10H18N4O2S/c1-16-5-8(15)6-17-10-13-12-9(4-11)14(10)7-2-3-7/h7-8,15H,2-6,11H2,1H3. The molecule has 1 fully saturated rings. The highest BCUT2D eigenvalue weighted by Crippen LogP contribution is 2.38. The van der Waals surface area contributed by atoms with Gasteiger partial charge in [-0.25, -0.2) is 0 Å². The van der Waals surface area contributed by atoms with Crippen LogP contribution in [0.4, 0.5) is 0 Å². The molecule has 1 saturated carbocycles. The second-order valence-corrected chi connectivity index (χ2v) is 5.11. The lowest BCUT2D eigenvalue weighted by molar-refractivity contribution is 0.0793. The fourth-order valence-corrected chi connectivity index (χ4v) is 2.59. The van der Waals surface area contributed by atoms with E-state index in [1.165, 1.54) is 24.6 Å². The Kier molecular flexibility index (Phi) is 4.38. The molecule has 0 aliphatic heterocycles. The first-order chi connectivity index (χ1) is 8.26. The van der Waals surface area contributed by atoms with E-state index in [2.05, 4.69) is 14.8 Å². The van der Waals surface area contributed by atoms with Gasteiger partial charge in [-0.05, 0) is 12.8 Å². The number of rotatable bonds is 7. The summed E-state index contributed by atoms with van der Waals surface area (Å²) in [7, 11) is 1.58. The van der Waals surface area contributed by atoms with Crippen molar-refractivity contribution in [1.82, 2.24) is 14.8 Å². The van der Waals surface area contributed by atoms with Crippen molar-refractivity contribution >= 4 is 11.8 Å². The molecule has 6 nitrogen and oxygen atoms in total. The predicted octanol–water partition coefficient (Wildman–Crippen LogP) is 0.171. The highest BCUT2D eigenvalue weighted by atomic mass is 32.2. The number of nitrogens with two attached hydrogens (primary N) is 1. The van der Waals surface area contributed by atoms with E-state index in [0.717, 1.165) is 11.0 Å². The van der Waals surface area contributed by atoms with Crippen LogP contribution in [-0.4, -0.2) is 45.4 Å². The van der Waals surface area contributed by atoms with Gasteiger partial charge in [0.05, 0.1) is 19.3 Å². The Morgan fingerprint density at radius 3 is 2.94 bits per heavy atom. The van der Waals surface area contributed by atoms with Crippen LogP contribution in [0.15, 0.2) is 5.16 Å². The summed E-state index contributed by atoms with van der Waals surface area (Å²) in [4.78, 5) is 0. The normalized spacial score (nSPS) is 17.4. The van der Waals surface area contributed by atoms with Crippen molar-refractivity contribution in [1.29, 1.82) is 0 Å². The van der Waals surface area contributed by atoms with Crippen LogP contribution >= 0.6 is 11.8 Å². The average Bonchev–Trinajstić information content (AvgIpc) is 3.07. The summed E-state index contributed by atoms with van der Waals surface area (Å²) >= 11 is 1.50. The van der Waals surface area contributed by atoms with Gasteiger partial charge in [-0.1, -0.05) is 11.8 Å². The second kappa shape index (κ2) is 5.81. The number of thioether (sulfide) groups is 1. The van der Waals surface area contributed by atoms with Crippen molar-refractivity contribution in [3.63, 3.8) is 0 Å². The van der Waals surface area contributed by atoms with Gasteiger partial charge in [-0.2, -0.15) is 0 Å². The lowest BCUT2D eigenvalue weighted by Crippen LogP contribution is -2.17. The van der Waals surface area contributed by atoms with E-state index in [9.17, 15) is 5.11 Å². The Balaban J connectivity index is 1.98. The molecule has 1 aromatic rings. The minimum atomic E-state index is -0.476. The third-order valence-corrected chi connectivity index (χ3v) is 3.68. The molecule has 1 atom stereocenters. The summed E-state index contributed by atoms with van der Waals surface area (Å²) in [5.74, 6) is 1.39. The number of nitrogens with zero attached hydrogens (tertiary/aromatic N) is 3. The third-order valence-electron chi connectivity index (χ3n) is 2.59. The van der Waals surface area contributed by atoms with Gasteiger partial charge in [-0.15, -0.1) is 10.2 Å². The average molecular weight is 258 g/mol. The fraction of sp³-hybridized carbons (Fsp3) is 0.800. The first-order valence-electron chi connectivity index (χ1n) is 5.70. The van der Waals surface area contributed by atoms with Gasteiger partial charge in [0.25, 0.3) is 0 Å². The Morgan fingerprint density at radius 1 is 1.59 bits per heavy atom. The van der Waals surface area contributed by atoms with Crippen molar-refractivity contribution in [2.75, 3.05) is 19.5 Å². The lowest BCUT2D eigenvalue weighted by atomic mass is 10.4. The van der Waals surface area contributed by atoms with Crippen LogP contribution in [0.3, 0.4) is 0 Å². The van der Waals surface area contributed by atoms with Crippen LogP contribution in [0.5, 0.6) is 0 Å². The Morgan fingerprint density at radius 2 is 2.35 bits per heavy atom. The predicted molar refractivity (Wildman–Crippen MR) is 64.8 cm³/mol. The van der Waals surface area contributed by atoms with Crippen molar-refractivity contribution in [3.8, 4) is 0 Å². The van der Waals surface area contributed by atoms with Crippen LogP contribution in [0.1, 0.15) is 24.7 Å². The topological polar surface area (TPSA) is 86.2 Å². The van der Waals surface area contributed by atoms with Gasteiger partial charge < -0.3 is 20.1 Å². The number of hydrogen-bond acceptors (Lipinski definition) is 6. The summed E-state index contributed by atoms with van der Waals surface area (Å²) < 4.78 is 6.98. The first kappa shape index (κ1) is 12.8. The molecule has 3 N–H and O–H groups in total. The maximum atomic E-state index is 9.59. The third kappa shape index (κ3) is 3.19. The van der Waals surface area contributed by atoms with E-state index in [-0.39, 0.29) is 0 Å². The summed E-state index contributed by atoms with van der Waals surface area (Å²) in [6.45, 7) is 0.749. The zero-order valence-electron chi connectivity index (χ0n) is 9.87. The fourth-order valence-electron chi connectivity index (χ4n) is 1.66. The summed E-state index contributed by atoms with van der Waals surface area (Å²) in [6.07, 6.45) is 1.86. The molecule has 17 heavy (non-hydrogen) atoms. The SMILES string of the molecule is COCC(O)CSc1nnc(CN)n1C1CC1. The Bertz CT molecular complexity index is 367. The molecular formula is C10H18N4O2S. The van der Waals surface area contributed by atoms with E-state index < -0.39 is 6.10 Å². The minimum absolute atomic E-state index is 0.342. The maximum absolute atomic E-state index is 9.59.